The smallest absolute Gasteiger partial charge is 0.300 e. The molecular weight excluding hydrogens is 242 g/mol. The molecule has 0 aliphatic rings. The number of carbonyl (C=O) groups excluding carboxylic acids is 1. The SMILES string of the molecule is CCC(C#N)CC(C(=O)OO)(C(C)(C)C)C(C)(C)C. The minimum absolute atomic E-state index is 0.238. The number of carbonyl (C=O) groups is 1. The topological polar surface area (TPSA) is 70.3 Å². The maximum atomic E-state index is 12.3. The van der Waals surface area contributed by atoms with Gasteiger partial charge in [-0.25, -0.2) is 4.79 Å². The summed E-state index contributed by atoms with van der Waals surface area (Å²) in [6.07, 6.45) is 1.05. The monoisotopic (exact) mass is 269 g/mol. The van der Waals surface area contributed by atoms with E-state index in [-0.39, 0.29) is 5.92 Å². The Morgan fingerprint density at radius 2 is 1.63 bits per heavy atom. The van der Waals surface area contributed by atoms with Crippen molar-refractivity contribution in [2.75, 3.05) is 0 Å². The van der Waals surface area contributed by atoms with Crippen molar-refractivity contribution in [2.24, 2.45) is 22.2 Å². The lowest BCUT2D eigenvalue weighted by Gasteiger charge is -2.51. The Hall–Kier alpha value is -1.08. The van der Waals surface area contributed by atoms with Gasteiger partial charge in [-0.15, -0.1) is 0 Å². The molecule has 0 fully saturated rings. The van der Waals surface area contributed by atoms with Crippen LogP contribution in [0.25, 0.3) is 0 Å². The van der Waals surface area contributed by atoms with E-state index in [9.17, 15) is 10.1 Å². The standard InChI is InChI=1S/C15H27NO3/c1-8-11(10-16)9-15(12(17)19-18,13(2,3)4)14(5,6)7/h11,18H,8-9H2,1-7H3. The van der Waals surface area contributed by atoms with Crippen LogP contribution in [0.5, 0.6) is 0 Å². The van der Waals surface area contributed by atoms with E-state index in [2.05, 4.69) is 11.0 Å². The molecule has 19 heavy (non-hydrogen) atoms. The van der Waals surface area contributed by atoms with Gasteiger partial charge < -0.3 is 4.89 Å². The largest absolute Gasteiger partial charge is 0.349 e. The van der Waals surface area contributed by atoms with Gasteiger partial charge in [0.25, 0.3) is 0 Å². The molecule has 0 rings (SSSR count). The lowest BCUT2D eigenvalue weighted by Crippen LogP contribution is -2.53. The van der Waals surface area contributed by atoms with Crippen molar-refractivity contribution in [1.82, 2.24) is 0 Å². The molecule has 0 aromatic rings. The molecular formula is C15H27NO3. The van der Waals surface area contributed by atoms with E-state index in [0.717, 1.165) is 0 Å². The maximum absolute atomic E-state index is 12.3. The van der Waals surface area contributed by atoms with Crippen LogP contribution in [0.15, 0.2) is 0 Å². The summed E-state index contributed by atoms with van der Waals surface area (Å²) in [4.78, 5) is 16.4. The van der Waals surface area contributed by atoms with Crippen LogP contribution in [0.4, 0.5) is 0 Å². The molecule has 1 unspecified atom stereocenters. The Bertz CT molecular complexity index is 341. The molecule has 0 radical (unpaired) electrons. The van der Waals surface area contributed by atoms with Crippen LogP contribution in [0.1, 0.15) is 61.3 Å². The second-order valence-electron chi connectivity index (χ2n) is 7.22. The van der Waals surface area contributed by atoms with Crippen molar-refractivity contribution in [1.29, 1.82) is 5.26 Å². The van der Waals surface area contributed by atoms with Crippen molar-refractivity contribution >= 4 is 5.97 Å². The van der Waals surface area contributed by atoms with E-state index < -0.39 is 22.2 Å². The Labute approximate surface area is 116 Å². The fourth-order valence-electron chi connectivity index (χ4n) is 3.16. The van der Waals surface area contributed by atoms with Gasteiger partial charge in [0.2, 0.25) is 0 Å². The second kappa shape index (κ2) is 5.92. The summed E-state index contributed by atoms with van der Waals surface area (Å²) in [6.45, 7) is 13.6. The van der Waals surface area contributed by atoms with Crippen LogP contribution >= 0.6 is 0 Å². The van der Waals surface area contributed by atoms with E-state index in [1.54, 1.807) is 0 Å². The molecule has 0 aliphatic heterocycles. The lowest BCUT2D eigenvalue weighted by atomic mass is 9.51. The minimum atomic E-state index is -0.925. The van der Waals surface area contributed by atoms with Gasteiger partial charge in [-0.1, -0.05) is 48.5 Å². The molecule has 0 aliphatic carbocycles. The Kier molecular flexibility index (Phi) is 5.58. The molecule has 0 aromatic heterocycles. The molecule has 0 spiro atoms. The zero-order chi connectivity index (χ0) is 15.5. The molecule has 4 heteroatoms. The summed E-state index contributed by atoms with van der Waals surface area (Å²) in [5.74, 6) is -0.890. The van der Waals surface area contributed by atoms with Gasteiger partial charge in [-0.3, -0.25) is 0 Å². The molecule has 110 valence electrons. The van der Waals surface area contributed by atoms with Gasteiger partial charge in [0.05, 0.1) is 11.5 Å². The zero-order valence-corrected chi connectivity index (χ0v) is 13.2. The van der Waals surface area contributed by atoms with Gasteiger partial charge in [0.15, 0.2) is 0 Å². The molecule has 0 aromatic carbocycles. The van der Waals surface area contributed by atoms with E-state index in [1.165, 1.54) is 0 Å². The van der Waals surface area contributed by atoms with Crippen LogP contribution in [-0.2, 0) is 9.68 Å². The summed E-state index contributed by atoms with van der Waals surface area (Å²) in [6, 6.07) is 2.24. The summed E-state index contributed by atoms with van der Waals surface area (Å²) in [5.41, 5.74) is -1.80. The number of hydrogen-bond acceptors (Lipinski definition) is 4. The van der Waals surface area contributed by atoms with E-state index in [0.29, 0.717) is 12.8 Å². The first-order valence-corrected chi connectivity index (χ1v) is 6.73. The molecule has 0 bridgehead atoms. The van der Waals surface area contributed by atoms with Gasteiger partial charge >= 0.3 is 5.97 Å². The van der Waals surface area contributed by atoms with Crippen molar-refractivity contribution in [3.63, 3.8) is 0 Å². The molecule has 0 saturated carbocycles. The summed E-state index contributed by atoms with van der Waals surface area (Å²) < 4.78 is 0. The summed E-state index contributed by atoms with van der Waals surface area (Å²) in [7, 11) is 0. The average Bonchev–Trinajstić information content (AvgIpc) is 2.26. The van der Waals surface area contributed by atoms with Crippen LogP contribution in [-0.4, -0.2) is 11.2 Å². The maximum Gasteiger partial charge on any atom is 0.349 e. The van der Waals surface area contributed by atoms with Crippen LogP contribution in [0.2, 0.25) is 0 Å². The number of hydrogen-bond donors (Lipinski definition) is 1. The third-order valence-electron chi connectivity index (χ3n) is 4.22. The first-order valence-electron chi connectivity index (χ1n) is 6.73. The predicted molar refractivity (Wildman–Crippen MR) is 74.1 cm³/mol. The van der Waals surface area contributed by atoms with Crippen molar-refractivity contribution < 1.29 is 14.9 Å². The quantitative estimate of drug-likeness (QED) is 0.618. The highest BCUT2D eigenvalue weighted by atomic mass is 17.1. The predicted octanol–water partition coefficient (Wildman–Crippen LogP) is 4.02. The van der Waals surface area contributed by atoms with Crippen molar-refractivity contribution in [2.45, 2.75) is 61.3 Å². The van der Waals surface area contributed by atoms with Crippen LogP contribution < -0.4 is 0 Å². The highest BCUT2D eigenvalue weighted by Gasteiger charge is 2.58. The summed E-state index contributed by atoms with van der Waals surface area (Å²) >= 11 is 0. The number of nitrogens with zero attached hydrogens (tertiary/aromatic N) is 1. The molecule has 4 nitrogen and oxygen atoms in total. The van der Waals surface area contributed by atoms with E-state index in [1.807, 2.05) is 48.5 Å². The Balaban J connectivity index is 5.95. The third kappa shape index (κ3) is 3.27. The van der Waals surface area contributed by atoms with E-state index >= 15 is 0 Å². The average molecular weight is 269 g/mol. The Morgan fingerprint density at radius 1 is 1.21 bits per heavy atom. The van der Waals surface area contributed by atoms with Crippen molar-refractivity contribution in [3.05, 3.63) is 0 Å². The zero-order valence-electron chi connectivity index (χ0n) is 13.2. The number of rotatable bonds is 4. The van der Waals surface area contributed by atoms with Gasteiger partial charge in [0.1, 0.15) is 0 Å². The lowest BCUT2D eigenvalue weighted by molar-refractivity contribution is -0.260. The Morgan fingerprint density at radius 3 is 1.84 bits per heavy atom. The van der Waals surface area contributed by atoms with Crippen LogP contribution in [0.3, 0.4) is 0 Å². The third-order valence-corrected chi connectivity index (χ3v) is 4.22. The second-order valence-corrected chi connectivity index (χ2v) is 7.22. The van der Waals surface area contributed by atoms with Gasteiger partial charge in [-0.2, -0.15) is 10.5 Å². The fourth-order valence-corrected chi connectivity index (χ4v) is 3.16. The highest BCUT2D eigenvalue weighted by Crippen LogP contribution is 2.56. The number of nitriles is 1. The van der Waals surface area contributed by atoms with Crippen molar-refractivity contribution in [3.8, 4) is 6.07 Å². The van der Waals surface area contributed by atoms with Gasteiger partial charge in [0, 0.05) is 5.92 Å². The molecule has 0 amide bonds. The normalized spacial score (nSPS) is 14.7. The molecule has 1 N–H and O–H groups in total. The molecule has 0 saturated heterocycles. The summed E-state index contributed by atoms with van der Waals surface area (Å²) in [5, 5.41) is 18.1. The fraction of sp³-hybridized carbons (Fsp3) is 0.867. The first kappa shape index (κ1) is 17.9. The van der Waals surface area contributed by atoms with Crippen LogP contribution in [0, 0.1) is 33.5 Å². The first-order chi connectivity index (χ1) is 8.47. The molecule has 0 heterocycles. The van der Waals surface area contributed by atoms with E-state index in [4.69, 9.17) is 5.26 Å². The highest BCUT2D eigenvalue weighted by molar-refractivity contribution is 5.78. The van der Waals surface area contributed by atoms with Gasteiger partial charge in [-0.05, 0) is 23.7 Å². The molecule has 1 atom stereocenters. The minimum Gasteiger partial charge on any atom is -0.300 e.